The molecule has 0 spiro atoms. The van der Waals surface area contributed by atoms with Crippen LogP contribution in [0.15, 0.2) is 11.6 Å². The van der Waals surface area contributed by atoms with Gasteiger partial charge in [-0.1, -0.05) is 46.3 Å². The van der Waals surface area contributed by atoms with E-state index >= 15 is 0 Å². The summed E-state index contributed by atoms with van der Waals surface area (Å²) in [4.78, 5) is 12.9. The van der Waals surface area contributed by atoms with Crippen LogP contribution in [0.2, 0.25) is 0 Å². The molecule has 0 radical (unpaired) electrons. The van der Waals surface area contributed by atoms with E-state index < -0.39 is 75.2 Å². The Kier molecular flexibility index (Phi) is 15.6. The molecule has 0 bridgehead atoms. The number of fused-ring (bicyclic) bond motifs is 5. The van der Waals surface area contributed by atoms with Crippen LogP contribution in [0.3, 0.4) is 0 Å². The van der Waals surface area contributed by atoms with Gasteiger partial charge in [0.2, 0.25) is 20.8 Å². The molecule has 3 saturated carbocycles. The number of hydrogen-bond acceptors (Lipinski definition) is 14. The van der Waals surface area contributed by atoms with E-state index in [0.29, 0.717) is 25.7 Å². The van der Waals surface area contributed by atoms with Crippen molar-refractivity contribution in [3.63, 3.8) is 0 Å². The molecule has 1 unspecified atom stereocenters. The maximum absolute atomic E-state index is 12.9. The van der Waals surface area contributed by atoms with Crippen molar-refractivity contribution in [1.82, 2.24) is 0 Å². The first kappa shape index (κ1) is 46.3. The number of carbonyl (C=O) groups excluding carboxylic acids is 1. The van der Waals surface area contributed by atoms with E-state index in [2.05, 4.69) is 31.0 Å². The number of allylic oxidation sites excluding steroid dienone is 2. The first-order valence-corrected chi connectivity index (χ1v) is 20.1. The van der Waals surface area contributed by atoms with Crippen molar-refractivity contribution < 1.29 is 123 Å². The summed E-state index contributed by atoms with van der Waals surface area (Å²) in [5, 5.41) is 32.2. The molecular formula is C33H52Na2O14S2. The van der Waals surface area contributed by atoms with Crippen LogP contribution in [0.25, 0.3) is 0 Å². The summed E-state index contributed by atoms with van der Waals surface area (Å²) in [6, 6.07) is 0. The Balaban J connectivity index is 0.00000351. The molecule has 5 rings (SSSR count). The molecule has 0 aromatic carbocycles. The molecule has 14 nitrogen and oxygen atoms in total. The van der Waals surface area contributed by atoms with Crippen molar-refractivity contribution >= 4 is 26.6 Å². The van der Waals surface area contributed by atoms with E-state index in [9.17, 15) is 46.1 Å². The van der Waals surface area contributed by atoms with Gasteiger partial charge in [0.1, 0.15) is 24.4 Å². The van der Waals surface area contributed by atoms with Gasteiger partial charge in [-0.25, -0.2) is 16.8 Å². The Morgan fingerprint density at radius 2 is 1.61 bits per heavy atom. The van der Waals surface area contributed by atoms with Crippen LogP contribution in [-0.2, 0) is 43.4 Å². The SMILES string of the molecule is CC(C)C(O)C(=O)C[C@@H](C)[C@H]1CC[C@H]2[C@@H]3C[C@H](O[C@@H]4O[C@H](C)[C@@H](OS(=O)(=O)[O-])[C@H](O)[C@H]4O)[C@H]4C[C@@H](OS(=O)(=O)[O-])CC[C@]4(C)C3=CC[C@]12C.[Na+].[Na+]. The maximum Gasteiger partial charge on any atom is 1.00 e. The number of hydrogen-bond donors (Lipinski definition) is 3. The van der Waals surface area contributed by atoms with Crippen LogP contribution < -0.4 is 59.1 Å². The number of carbonyl (C=O) groups is 1. The Morgan fingerprint density at radius 3 is 2.20 bits per heavy atom. The molecule has 282 valence electrons. The minimum atomic E-state index is -5.22. The summed E-state index contributed by atoms with van der Waals surface area (Å²) in [5.74, 6) is -0.161. The van der Waals surface area contributed by atoms with Crippen molar-refractivity contribution in [2.75, 3.05) is 0 Å². The molecule has 1 heterocycles. The Bertz CT molecular complexity index is 1490. The molecule has 18 heteroatoms. The number of Topliss-reactive ketones (excluding diaryl/α,β-unsaturated/α-hetero) is 1. The molecule has 51 heavy (non-hydrogen) atoms. The smallest absolute Gasteiger partial charge is 0.726 e. The largest absolute Gasteiger partial charge is 1.00 e. The fourth-order valence-corrected chi connectivity index (χ4v) is 11.4. The number of ketones is 1. The quantitative estimate of drug-likeness (QED) is 0.0795. The topological polar surface area (TPSA) is 229 Å². The first-order chi connectivity index (χ1) is 22.6. The van der Waals surface area contributed by atoms with Crippen LogP contribution in [0, 0.1) is 46.3 Å². The zero-order valence-electron chi connectivity index (χ0n) is 31.0. The minimum absolute atomic E-state index is 0. The van der Waals surface area contributed by atoms with Crippen molar-refractivity contribution in [1.29, 1.82) is 0 Å². The Morgan fingerprint density at radius 1 is 0.980 bits per heavy atom. The van der Waals surface area contributed by atoms with Crippen LogP contribution in [0.1, 0.15) is 92.9 Å². The van der Waals surface area contributed by atoms with Gasteiger partial charge in [0.05, 0.1) is 18.3 Å². The monoisotopic (exact) mass is 782 g/mol. The molecule has 0 aromatic rings. The van der Waals surface area contributed by atoms with E-state index in [1.807, 2.05) is 13.8 Å². The number of aliphatic hydroxyl groups is 3. The zero-order chi connectivity index (χ0) is 36.4. The molecule has 1 aliphatic heterocycles. The molecule has 0 aromatic heterocycles. The second kappa shape index (κ2) is 17.2. The maximum atomic E-state index is 12.9. The Hall–Kier alpha value is 0.950. The summed E-state index contributed by atoms with van der Waals surface area (Å²) in [6.45, 7) is 11.5. The van der Waals surface area contributed by atoms with Gasteiger partial charge in [-0.2, -0.15) is 0 Å². The third kappa shape index (κ3) is 9.74. The predicted octanol–water partition coefficient (Wildman–Crippen LogP) is -3.66. The normalized spacial score (nSPS) is 42.3. The van der Waals surface area contributed by atoms with Crippen molar-refractivity contribution in [3.8, 4) is 0 Å². The summed E-state index contributed by atoms with van der Waals surface area (Å²) in [6.07, 6.45) is -3.74. The number of ether oxygens (including phenoxy) is 2. The van der Waals surface area contributed by atoms with Gasteiger partial charge in [-0.3, -0.25) is 13.2 Å². The summed E-state index contributed by atoms with van der Waals surface area (Å²) in [7, 11) is -10.2. The summed E-state index contributed by atoms with van der Waals surface area (Å²) >= 11 is 0. The van der Waals surface area contributed by atoms with Gasteiger partial charge in [-0.15, -0.1) is 0 Å². The standard InChI is InChI=1S/C33H54O14S2.2Na/c1-16(2)27(35)25(34)13-17(3)21-7-8-22-20-15-26(45-31-29(37)28(36)30(18(4)44-31)47-49(41,42)43)24-14-19(46-48(38,39)40)9-11-33(24,6)23(20)10-12-32(21,22)5;;/h10,16-22,24,26-31,35-37H,7-9,11-15H2,1-6H3,(H,38,39,40)(H,41,42,43);;/q;2*+1/p-2/t17-,18-,19+,20+,21-,22+,24-,26+,27?,28-,29-,30-,31+,32-,33-;;/m1../s1. The van der Waals surface area contributed by atoms with Gasteiger partial charge in [0.15, 0.2) is 12.1 Å². The van der Waals surface area contributed by atoms with E-state index in [1.54, 1.807) is 0 Å². The van der Waals surface area contributed by atoms with Gasteiger partial charge in [0, 0.05) is 6.42 Å². The fourth-order valence-electron chi connectivity index (χ4n) is 10.4. The van der Waals surface area contributed by atoms with E-state index in [0.717, 1.165) is 19.3 Å². The van der Waals surface area contributed by atoms with E-state index in [1.165, 1.54) is 12.5 Å². The number of rotatable bonds is 11. The second-order valence-corrected chi connectivity index (χ2v) is 18.1. The van der Waals surface area contributed by atoms with Crippen molar-refractivity contribution in [3.05, 3.63) is 11.6 Å². The van der Waals surface area contributed by atoms with Crippen LogP contribution in [-0.4, -0.2) is 96.1 Å². The summed E-state index contributed by atoms with van der Waals surface area (Å²) in [5.41, 5.74) is 0.603. The van der Waals surface area contributed by atoms with E-state index in [4.69, 9.17) is 13.7 Å². The van der Waals surface area contributed by atoms with E-state index in [-0.39, 0.29) is 112 Å². The van der Waals surface area contributed by atoms with Crippen LogP contribution >= 0.6 is 0 Å². The molecule has 1 saturated heterocycles. The average Bonchev–Trinajstić information content (AvgIpc) is 3.34. The van der Waals surface area contributed by atoms with Gasteiger partial charge in [-0.05, 0) is 98.2 Å². The number of aliphatic hydroxyl groups excluding tert-OH is 3. The molecular weight excluding hydrogens is 730 g/mol. The molecule has 0 amide bonds. The minimum Gasteiger partial charge on any atom is -0.726 e. The van der Waals surface area contributed by atoms with Crippen molar-refractivity contribution in [2.45, 2.75) is 142 Å². The molecule has 5 aliphatic rings. The molecule has 15 atom stereocenters. The van der Waals surface area contributed by atoms with Crippen LogP contribution in [0.5, 0.6) is 0 Å². The summed E-state index contributed by atoms with van der Waals surface area (Å²) < 4.78 is 90.3. The average molecular weight is 783 g/mol. The van der Waals surface area contributed by atoms with Gasteiger partial charge < -0.3 is 33.9 Å². The van der Waals surface area contributed by atoms with Crippen LogP contribution in [0.4, 0.5) is 0 Å². The zero-order valence-corrected chi connectivity index (χ0v) is 36.6. The van der Waals surface area contributed by atoms with Crippen molar-refractivity contribution in [2.24, 2.45) is 46.3 Å². The molecule has 3 N–H and O–H groups in total. The molecule has 4 aliphatic carbocycles. The Labute approximate surface area is 346 Å². The first-order valence-electron chi connectivity index (χ1n) is 17.4. The van der Waals surface area contributed by atoms with Gasteiger partial charge in [0.25, 0.3) is 0 Å². The fraction of sp³-hybridized carbons (Fsp3) is 0.909. The predicted molar refractivity (Wildman–Crippen MR) is 171 cm³/mol. The molecule has 4 fully saturated rings. The third-order valence-corrected chi connectivity index (χ3v) is 13.8. The third-order valence-electron chi connectivity index (χ3n) is 12.8. The van der Waals surface area contributed by atoms with Gasteiger partial charge >= 0.3 is 59.1 Å². The second-order valence-electron chi connectivity index (χ2n) is 16.1.